The first-order valence-corrected chi connectivity index (χ1v) is 10.1. The molecule has 0 fully saturated rings. The number of carbonyl (C=O) groups is 2. The minimum atomic E-state index is -4.58. The van der Waals surface area contributed by atoms with Gasteiger partial charge in [0.15, 0.2) is 5.69 Å². The number of hydrogen-bond acceptors (Lipinski definition) is 6. The van der Waals surface area contributed by atoms with Gasteiger partial charge in [0.25, 0.3) is 0 Å². The molecule has 11 heteroatoms. The third kappa shape index (κ3) is 4.49. The minimum absolute atomic E-state index is 0.00873. The molecule has 35 heavy (non-hydrogen) atoms. The number of benzene rings is 3. The van der Waals surface area contributed by atoms with E-state index < -0.39 is 28.2 Å². The van der Waals surface area contributed by atoms with Crippen molar-refractivity contribution in [1.29, 1.82) is 0 Å². The van der Waals surface area contributed by atoms with Gasteiger partial charge in [-0.3, -0.25) is 5.43 Å². The van der Waals surface area contributed by atoms with Gasteiger partial charge in [-0.1, -0.05) is 35.4 Å². The predicted octanol–water partition coefficient (Wildman–Crippen LogP) is 4.71. The van der Waals surface area contributed by atoms with E-state index in [-0.39, 0.29) is 28.4 Å². The van der Waals surface area contributed by atoms with E-state index in [1.807, 2.05) is 0 Å². The lowest BCUT2D eigenvalue weighted by Crippen LogP contribution is -2.45. The van der Waals surface area contributed by atoms with Crippen LogP contribution in [-0.2, 0) is 11.0 Å². The van der Waals surface area contributed by atoms with Crippen LogP contribution >= 0.6 is 0 Å². The fraction of sp³-hybridized carbons (Fsp3) is 0.0833. The third-order valence-electron chi connectivity index (χ3n) is 5.46. The van der Waals surface area contributed by atoms with Gasteiger partial charge in [0.05, 0.1) is 16.8 Å². The number of nitrogens with zero attached hydrogens (tertiary/aromatic N) is 3. The number of nitrogens with one attached hydrogen (secondary N) is 1. The summed E-state index contributed by atoms with van der Waals surface area (Å²) >= 11 is 0. The Morgan fingerprint density at radius 2 is 1.77 bits per heavy atom. The van der Waals surface area contributed by atoms with Gasteiger partial charge in [-0.05, 0) is 29.8 Å². The SMILES string of the molecule is C[N+]1(c2cccc(C(F)(F)F)c2)N=CC(=NNc2cccc(-c3cccc(C(=O)O)c3)c2O)C1=O. The van der Waals surface area contributed by atoms with E-state index in [4.69, 9.17) is 0 Å². The van der Waals surface area contributed by atoms with Gasteiger partial charge in [0, 0.05) is 17.7 Å². The molecule has 0 aliphatic carbocycles. The molecule has 1 heterocycles. The number of halogens is 3. The van der Waals surface area contributed by atoms with E-state index in [9.17, 15) is 33.0 Å². The average molecular weight is 483 g/mol. The second kappa shape index (κ2) is 8.69. The van der Waals surface area contributed by atoms with E-state index in [1.54, 1.807) is 24.3 Å². The summed E-state index contributed by atoms with van der Waals surface area (Å²) in [5, 5.41) is 27.9. The molecule has 0 saturated heterocycles. The maximum Gasteiger partial charge on any atom is 0.416 e. The van der Waals surface area contributed by atoms with Crippen LogP contribution in [0.15, 0.2) is 76.9 Å². The number of alkyl halides is 3. The van der Waals surface area contributed by atoms with Crippen molar-refractivity contribution in [2.45, 2.75) is 6.18 Å². The van der Waals surface area contributed by atoms with E-state index in [2.05, 4.69) is 15.6 Å². The number of phenolic OH excluding ortho intramolecular Hbond substituents is 1. The highest BCUT2D eigenvalue weighted by atomic mass is 19.4. The first-order valence-electron chi connectivity index (χ1n) is 10.1. The Balaban J connectivity index is 1.60. The second-order valence-electron chi connectivity index (χ2n) is 7.75. The van der Waals surface area contributed by atoms with E-state index in [0.29, 0.717) is 11.1 Å². The van der Waals surface area contributed by atoms with Crippen LogP contribution in [0.2, 0.25) is 0 Å². The monoisotopic (exact) mass is 483 g/mol. The van der Waals surface area contributed by atoms with Crippen molar-refractivity contribution in [2.24, 2.45) is 10.2 Å². The number of anilines is 1. The molecule has 1 amide bonds. The van der Waals surface area contributed by atoms with Gasteiger partial charge >= 0.3 is 18.1 Å². The fourth-order valence-electron chi connectivity index (χ4n) is 3.52. The van der Waals surface area contributed by atoms with Crippen molar-refractivity contribution in [3.05, 3.63) is 77.9 Å². The number of aromatic carboxylic acids is 1. The highest BCUT2D eigenvalue weighted by molar-refractivity contribution is 6.64. The number of quaternary nitrogens is 1. The lowest BCUT2D eigenvalue weighted by atomic mass is 10.0. The summed E-state index contributed by atoms with van der Waals surface area (Å²) < 4.78 is 38.5. The molecule has 3 N–H and O–H groups in total. The topological polar surface area (TPSA) is 111 Å². The maximum absolute atomic E-state index is 13.1. The Kier molecular flexibility index (Phi) is 5.87. The van der Waals surface area contributed by atoms with E-state index in [1.165, 1.54) is 37.4 Å². The van der Waals surface area contributed by atoms with Gasteiger partial charge in [-0.15, -0.1) is 4.59 Å². The van der Waals surface area contributed by atoms with Crippen LogP contribution in [0.1, 0.15) is 15.9 Å². The Morgan fingerprint density at radius 3 is 2.49 bits per heavy atom. The number of carbonyl (C=O) groups excluding carboxylic acids is 1. The standard InChI is InChI=1S/C24H17F3N4O4/c1-31(17-8-3-7-16(12-17)24(25,26)27)22(33)20(13-28-31)30-29-19-10-4-9-18(21(19)32)14-5-2-6-15(11-14)23(34)35/h2-13H,1H3,(H2-,28,29,30,32,33,34,35)/p+1. The molecular weight excluding hydrogens is 465 g/mol. The molecule has 3 aromatic rings. The number of aromatic hydroxyl groups is 1. The Labute approximate surface area is 196 Å². The van der Waals surface area contributed by atoms with Gasteiger partial charge in [0.2, 0.25) is 5.71 Å². The van der Waals surface area contributed by atoms with Crippen LogP contribution in [0.4, 0.5) is 24.5 Å². The van der Waals surface area contributed by atoms with Gasteiger partial charge in [-0.25, -0.2) is 9.59 Å². The van der Waals surface area contributed by atoms with Gasteiger partial charge < -0.3 is 10.2 Å². The van der Waals surface area contributed by atoms with E-state index >= 15 is 0 Å². The minimum Gasteiger partial charge on any atom is -0.505 e. The van der Waals surface area contributed by atoms with Crippen LogP contribution in [-0.4, -0.2) is 41.1 Å². The van der Waals surface area contributed by atoms with Crippen molar-refractivity contribution >= 4 is 35.2 Å². The number of carboxylic acids is 1. The van der Waals surface area contributed by atoms with Crippen LogP contribution in [0.3, 0.4) is 0 Å². The number of amides is 1. The summed E-state index contributed by atoms with van der Waals surface area (Å²) in [7, 11) is 1.34. The highest BCUT2D eigenvalue weighted by Gasteiger charge is 2.44. The molecule has 0 spiro atoms. The highest BCUT2D eigenvalue weighted by Crippen LogP contribution is 2.36. The lowest BCUT2D eigenvalue weighted by molar-refractivity contribution is -0.137. The molecule has 0 bridgehead atoms. The van der Waals surface area contributed by atoms with Crippen LogP contribution in [0.5, 0.6) is 5.75 Å². The lowest BCUT2D eigenvalue weighted by Gasteiger charge is -2.20. The Bertz CT molecular complexity index is 1400. The first-order chi connectivity index (χ1) is 16.5. The van der Waals surface area contributed by atoms with Crippen molar-refractivity contribution in [1.82, 2.24) is 4.59 Å². The number of para-hydroxylation sites is 1. The molecule has 0 aromatic heterocycles. The number of carboxylic acid groups (broad SMARTS) is 1. The summed E-state index contributed by atoms with van der Waals surface area (Å²) in [6.45, 7) is 0. The van der Waals surface area contributed by atoms with Crippen LogP contribution in [0.25, 0.3) is 11.1 Å². The maximum atomic E-state index is 13.1. The van der Waals surface area contributed by atoms with Gasteiger partial charge in [-0.2, -0.15) is 18.3 Å². The average Bonchev–Trinajstić information content (AvgIpc) is 3.13. The molecule has 1 aliphatic rings. The van der Waals surface area contributed by atoms with Crippen molar-refractivity contribution in [3.63, 3.8) is 0 Å². The molecule has 4 rings (SSSR count). The summed E-state index contributed by atoms with van der Waals surface area (Å²) in [5.41, 5.74) is 2.46. The summed E-state index contributed by atoms with van der Waals surface area (Å²) in [4.78, 5) is 24.2. The number of rotatable bonds is 5. The molecule has 1 aliphatic heterocycles. The fourth-order valence-corrected chi connectivity index (χ4v) is 3.52. The molecular formula is C24H18F3N4O4+. The van der Waals surface area contributed by atoms with Crippen molar-refractivity contribution in [2.75, 3.05) is 12.5 Å². The summed E-state index contributed by atoms with van der Waals surface area (Å²) in [6, 6.07) is 15.0. The molecule has 1 atom stereocenters. The Hall–Kier alpha value is -4.51. The smallest absolute Gasteiger partial charge is 0.416 e. The quantitative estimate of drug-likeness (QED) is 0.277. The molecule has 0 saturated carbocycles. The first kappa shape index (κ1) is 23.6. The number of phenols is 1. The van der Waals surface area contributed by atoms with Crippen LogP contribution < -0.4 is 10.0 Å². The molecule has 8 nitrogen and oxygen atoms in total. The largest absolute Gasteiger partial charge is 0.505 e. The predicted molar refractivity (Wildman–Crippen MR) is 124 cm³/mol. The molecule has 0 radical (unpaired) electrons. The van der Waals surface area contributed by atoms with Gasteiger partial charge in [0.1, 0.15) is 19.0 Å². The van der Waals surface area contributed by atoms with Crippen molar-refractivity contribution in [3.8, 4) is 16.9 Å². The zero-order valence-corrected chi connectivity index (χ0v) is 18.1. The second-order valence-corrected chi connectivity index (χ2v) is 7.75. The number of hydrazone groups is 1. The number of hydrogen-bond donors (Lipinski definition) is 3. The normalized spacial score (nSPS) is 18.7. The summed E-state index contributed by atoms with van der Waals surface area (Å²) in [6.07, 6.45) is -3.44. The van der Waals surface area contributed by atoms with Crippen LogP contribution in [0, 0.1) is 0 Å². The molecule has 1 unspecified atom stereocenters. The zero-order chi connectivity index (χ0) is 25.4. The zero-order valence-electron chi connectivity index (χ0n) is 18.1. The third-order valence-corrected chi connectivity index (χ3v) is 5.46. The Morgan fingerprint density at radius 1 is 1.06 bits per heavy atom. The van der Waals surface area contributed by atoms with Crippen molar-refractivity contribution < 1.29 is 33.0 Å². The van der Waals surface area contributed by atoms with E-state index in [0.717, 1.165) is 18.3 Å². The molecule has 178 valence electrons. The molecule has 3 aromatic carbocycles. The summed E-state index contributed by atoms with van der Waals surface area (Å²) in [5.74, 6) is -2.04.